The van der Waals surface area contributed by atoms with Gasteiger partial charge in [0.15, 0.2) is 0 Å². The Morgan fingerprint density at radius 3 is 2.50 bits per heavy atom. The molecule has 0 spiro atoms. The van der Waals surface area contributed by atoms with E-state index >= 15 is 0 Å². The van der Waals surface area contributed by atoms with Gasteiger partial charge in [-0.3, -0.25) is 14.9 Å². The third-order valence-electron chi connectivity index (χ3n) is 4.36. The normalized spacial score (nSPS) is 21.5. The van der Waals surface area contributed by atoms with Crippen LogP contribution in [-0.2, 0) is 20.9 Å². The van der Waals surface area contributed by atoms with Gasteiger partial charge in [-0.25, -0.2) is 4.79 Å². The molecule has 2 fully saturated rings. The maximum absolute atomic E-state index is 12.2. The maximum atomic E-state index is 12.2. The van der Waals surface area contributed by atoms with Crippen molar-refractivity contribution in [3.63, 3.8) is 0 Å². The smallest absolute Gasteiger partial charge is 0.322 e. The number of hydrogen-bond donors (Lipinski definition) is 2. The molecule has 0 aliphatic carbocycles. The van der Waals surface area contributed by atoms with Crippen LogP contribution < -0.4 is 10.6 Å². The highest BCUT2D eigenvalue weighted by atomic mass is 16.5. The van der Waals surface area contributed by atoms with Crippen molar-refractivity contribution in [1.29, 1.82) is 0 Å². The molecular weight excluding hydrogens is 310 g/mol. The van der Waals surface area contributed by atoms with Gasteiger partial charge in [-0.1, -0.05) is 30.3 Å². The average molecular weight is 331 g/mol. The molecule has 0 aromatic heterocycles. The summed E-state index contributed by atoms with van der Waals surface area (Å²) < 4.78 is 5.90. The number of carbonyl (C=O) groups excluding carboxylic acids is 3. The van der Waals surface area contributed by atoms with Gasteiger partial charge >= 0.3 is 6.03 Å². The Labute approximate surface area is 140 Å². The molecule has 0 radical (unpaired) electrons. The van der Waals surface area contributed by atoms with Gasteiger partial charge in [-0.2, -0.15) is 0 Å². The Morgan fingerprint density at radius 2 is 1.88 bits per heavy atom. The van der Waals surface area contributed by atoms with Crippen molar-refractivity contribution in [2.24, 2.45) is 0 Å². The number of benzene rings is 1. The minimum Gasteiger partial charge on any atom is -0.373 e. The van der Waals surface area contributed by atoms with E-state index in [1.165, 1.54) is 0 Å². The van der Waals surface area contributed by atoms with Gasteiger partial charge in [0.05, 0.1) is 19.1 Å². The second kappa shape index (κ2) is 7.44. The lowest BCUT2D eigenvalue weighted by Gasteiger charge is -2.32. The molecule has 3 rings (SSSR count). The first-order valence-electron chi connectivity index (χ1n) is 8.16. The summed E-state index contributed by atoms with van der Waals surface area (Å²) in [6.07, 6.45) is 1.71. The van der Waals surface area contributed by atoms with Gasteiger partial charge in [0.2, 0.25) is 5.91 Å². The van der Waals surface area contributed by atoms with Crippen molar-refractivity contribution in [1.82, 2.24) is 15.5 Å². The van der Waals surface area contributed by atoms with Crippen molar-refractivity contribution in [2.75, 3.05) is 13.1 Å². The number of carbonyl (C=O) groups is 3. The highest BCUT2D eigenvalue weighted by molar-refractivity contribution is 6.05. The fourth-order valence-corrected chi connectivity index (χ4v) is 2.97. The van der Waals surface area contributed by atoms with Crippen LogP contribution in [0.15, 0.2) is 30.3 Å². The minimum absolute atomic E-state index is 0.00706. The summed E-state index contributed by atoms with van der Waals surface area (Å²) in [5.41, 5.74) is 1.14. The summed E-state index contributed by atoms with van der Waals surface area (Å²) in [6, 6.07) is 8.71. The minimum atomic E-state index is -0.753. The SMILES string of the molecule is O=C1NC(=O)[C@@H](CC(=O)N2CCC(OCc3ccccc3)CC2)N1. The Morgan fingerprint density at radius 1 is 1.17 bits per heavy atom. The van der Waals surface area contributed by atoms with Crippen molar-refractivity contribution >= 4 is 17.8 Å². The summed E-state index contributed by atoms with van der Waals surface area (Å²) in [5.74, 6) is -0.548. The van der Waals surface area contributed by atoms with Crippen LogP contribution in [0.4, 0.5) is 4.79 Å². The van der Waals surface area contributed by atoms with E-state index in [0.717, 1.165) is 18.4 Å². The summed E-state index contributed by atoms with van der Waals surface area (Å²) in [4.78, 5) is 36.5. The average Bonchev–Trinajstić information content (AvgIpc) is 2.91. The number of urea groups is 1. The predicted molar refractivity (Wildman–Crippen MR) is 85.9 cm³/mol. The van der Waals surface area contributed by atoms with Gasteiger partial charge < -0.3 is 15.0 Å². The fraction of sp³-hybridized carbons (Fsp3) is 0.471. The summed E-state index contributed by atoms with van der Waals surface area (Å²) in [6.45, 7) is 1.80. The number of nitrogens with one attached hydrogen (secondary N) is 2. The molecule has 0 unspecified atom stereocenters. The molecule has 2 saturated heterocycles. The quantitative estimate of drug-likeness (QED) is 0.781. The Bertz CT molecular complexity index is 612. The Kier molecular flexibility index (Phi) is 5.10. The van der Waals surface area contributed by atoms with E-state index < -0.39 is 18.0 Å². The topological polar surface area (TPSA) is 87.7 Å². The third-order valence-corrected chi connectivity index (χ3v) is 4.36. The van der Waals surface area contributed by atoms with Crippen LogP contribution in [0.25, 0.3) is 0 Å². The van der Waals surface area contributed by atoms with Crippen LogP contribution in [0, 0.1) is 0 Å². The fourth-order valence-electron chi connectivity index (χ4n) is 2.97. The number of ether oxygens (including phenoxy) is 1. The molecule has 2 aliphatic heterocycles. The molecule has 2 heterocycles. The largest absolute Gasteiger partial charge is 0.373 e. The molecule has 7 heteroatoms. The zero-order valence-electron chi connectivity index (χ0n) is 13.4. The highest BCUT2D eigenvalue weighted by Gasteiger charge is 2.33. The maximum Gasteiger partial charge on any atom is 0.322 e. The Hall–Kier alpha value is -2.41. The molecule has 2 N–H and O–H groups in total. The van der Waals surface area contributed by atoms with Crippen LogP contribution in [-0.4, -0.2) is 48.0 Å². The molecule has 1 aromatic carbocycles. The van der Waals surface area contributed by atoms with Crippen LogP contribution in [0.1, 0.15) is 24.8 Å². The number of piperidine rings is 1. The van der Waals surface area contributed by atoms with E-state index in [2.05, 4.69) is 10.6 Å². The zero-order chi connectivity index (χ0) is 16.9. The van der Waals surface area contributed by atoms with Crippen molar-refractivity contribution in [3.05, 3.63) is 35.9 Å². The summed E-state index contributed by atoms with van der Waals surface area (Å²) in [5, 5.41) is 4.58. The molecule has 0 bridgehead atoms. The highest BCUT2D eigenvalue weighted by Crippen LogP contribution is 2.17. The number of nitrogens with zero attached hydrogens (tertiary/aromatic N) is 1. The first-order chi connectivity index (χ1) is 11.6. The number of hydrogen-bond acceptors (Lipinski definition) is 4. The van der Waals surface area contributed by atoms with E-state index in [-0.39, 0.29) is 18.4 Å². The molecule has 128 valence electrons. The molecule has 4 amide bonds. The molecule has 7 nitrogen and oxygen atoms in total. The second-order valence-electron chi connectivity index (χ2n) is 6.10. The van der Waals surface area contributed by atoms with Crippen LogP contribution in [0.5, 0.6) is 0 Å². The number of rotatable bonds is 5. The monoisotopic (exact) mass is 331 g/mol. The van der Waals surface area contributed by atoms with E-state index in [1.54, 1.807) is 4.90 Å². The molecule has 24 heavy (non-hydrogen) atoms. The summed E-state index contributed by atoms with van der Waals surface area (Å²) in [7, 11) is 0. The lowest BCUT2D eigenvalue weighted by Crippen LogP contribution is -2.44. The van der Waals surface area contributed by atoms with Crippen LogP contribution in [0.2, 0.25) is 0 Å². The molecular formula is C17H21N3O4. The van der Waals surface area contributed by atoms with Crippen LogP contribution in [0.3, 0.4) is 0 Å². The van der Waals surface area contributed by atoms with Crippen molar-refractivity contribution in [3.8, 4) is 0 Å². The lowest BCUT2D eigenvalue weighted by molar-refractivity contribution is -0.136. The van der Waals surface area contributed by atoms with Crippen molar-refractivity contribution < 1.29 is 19.1 Å². The standard InChI is InChI=1S/C17H21N3O4/c21-15(10-14-16(22)19-17(23)18-14)20-8-6-13(7-9-20)24-11-12-4-2-1-3-5-12/h1-5,13-14H,6-11H2,(H2,18,19,22,23)/t14-/m1/s1. The van der Waals surface area contributed by atoms with Gasteiger partial charge in [0, 0.05) is 13.1 Å². The third kappa shape index (κ3) is 4.11. The Balaban J connectivity index is 1.40. The molecule has 2 aliphatic rings. The van der Waals surface area contributed by atoms with Gasteiger partial charge in [-0.05, 0) is 18.4 Å². The zero-order valence-corrected chi connectivity index (χ0v) is 13.4. The molecule has 1 atom stereocenters. The number of amides is 4. The summed E-state index contributed by atoms with van der Waals surface area (Å²) >= 11 is 0. The first kappa shape index (κ1) is 16.4. The van der Waals surface area contributed by atoms with E-state index in [4.69, 9.17) is 4.74 Å². The van der Waals surface area contributed by atoms with Gasteiger partial charge in [0.25, 0.3) is 5.91 Å². The van der Waals surface area contributed by atoms with E-state index in [0.29, 0.717) is 19.7 Å². The van der Waals surface area contributed by atoms with Gasteiger partial charge in [-0.15, -0.1) is 0 Å². The molecule has 1 aromatic rings. The molecule has 0 saturated carbocycles. The van der Waals surface area contributed by atoms with E-state index in [1.807, 2.05) is 30.3 Å². The van der Waals surface area contributed by atoms with Gasteiger partial charge in [0.1, 0.15) is 6.04 Å². The predicted octanol–water partition coefficient (Wildman–Crippen LogP) is 0.792. The van der Waals surface area contributed by atoms with E-state index in [9.17, 15) is 14.4 Å². The number of likely N-dealkylation sites (tertiary alicyclic amines) is 1. The lowest BCUT2D eigenvalue weighted by atomic mass is 10.1. The second-order valence-corrected chi connectivity index (χ2v) is 6.10. The van der Waals surface area contributed by atoms with Crippen LogP contribution >= 0.6 is 0 Å². The first-order valence-corrected chi connectivity index (χ1v) is 8.16. The van der Waals surface area contributed by atoms with Crippen molar-refractivity contribution in [2.45, 2.75) is 38.0 Å². The number of imide groups is 1.